The zero-order valence-corrected chi connectivity index (χ0v) is 12.9. The third-order valence-corrected chi connectivity index (χ3v) is 6.29. The molecule has 1 aliphatic rings. The fourth-order valence-electron chi connectivity index (χ4n) is 3.39. The summed E-state index contributed by atoms with van der Waals surface area (Å²) >= 11 is 0. The third kappa shape index (κ3) is 1.97. The third-order valence-electron chi connectivity index (χ3n) is 4.39. The van der Waals surface area contributed by atoms with Gasteiger partial charge in [-0.25, -0.2) is 8.42 Å². The van der Waals surface area contributed by atoms with E-state index in [0.717, 1.165) is 35.6 Å². The molecule has 1 aliphatic carbocycles. The fourth-order valence-corrected chi connectivity index (χ4v) is 5.17. The standard InChI is InChI=1S/C19H16O2S/c20-22(21,16-9-2-1-3-10-16)19-17-11-5-4-7-14(17)13-15-8-6-12-18(15)19/h1-5,7,9-11,13H,6,8,12H2. The molecule has 3 heteroatoms. The van der Waals surface area contributed by atoms with Crippen molar-refractivity contribution in [1.82, 2.24) is 0 Å². The summed E-state index contributed by atoms with van der Waals surface area (Å²) in [5, 5.41) is 1.85. The minimum Gasteiger partial charge on any atom is -0.218 e. The number of benzene rings is 3. The summed E-state index contributed by atoms with van der Waals surface area (Å²) in [6.07, 6.45) is 2.85. The molecule has 3 aromatic carbocycles. The van der Waals surface area contributed by atoms with Crippen LogP contribution in [0, 0.1) is 0 Å². The highest BCUT2D eigenvalue weighted by atomic mass is 32.2. The van der Waals surface area contributed by atoms with Crippen LogP contribution < -0.4 is 0 Å². The number of rotatable bonds is 2. The van der Waals surface area contributed by atoms with Gasteiger partial charge < -0.3 is 0 Å². The normalized spacial score (nSPS) is 14.2. The van der Waals surface area contributed by atoms with Crippen molar-refractivity contribution in [2.75, 3.05) is 0 Å². The molecule has 0 bridgehead atoms. The van der Waals surface area contributed by atoms with E-state index >= 15 is 0 Å². The van der Waals surface area contributed by atoms with E-state index in [1.807, 2.05) is 30.3 Å². The molecule has 0 saturated heterocycles. The maximum Gasteiger partial charge on any atom is 0.207 e. The molecule has 0 amide bonds. The van der Waals surface area contributed by atoms with Gasteiger partial charge in [0.25, 0.3) is 0 Å². The smallest absolute Gasteiger partial charge is 0.207 e. The number of fused-ring (bicyclic) bond motifs is 2. The van der Waals surface area contributed by atoms with Crippen LogP contribution in [0.1, 0.15) is 17.5 Å². The maximum absolute atomic E-state index is 13.2. The summed E-state index contributed by atoms with van der Waals surface area (Å²) in [5.74, 6) is 0. The Morgan fingerprint density at radius 2 is 1.55 bits per heavy atom. The molecule has 0 aromatic heterocycles. The molecule has 0 heterocycles. The van der Waals surface area contributed by atoms with Crippen LogP contribution in [0.3, 0.4) is 0 Å². The maximum atomic E-state index is 13.2. The SMILES string of the molecule is O=S(=O)(c1ccccc1)c1c2c(cc3ccccc13)CCC2. The van der Waals surface area contributed by atoms with E-state index in [1.54, 1.807) is 24.3 Å². The molecule has 0 spiro atoms. The quantitative estimate of drug-likeness (QED) is 0.712. The summed E-state index contributed by atoms with van der Waals surface area (Å²) < 4.78 is 26.4. The second-order valence-corrected chi connectivity index (χ2v) is 7.62. The number of aryl methyl sites for hydroxylation is 1. The van der Waals surface area contributed by atoms with Gasteiger partial charge in [0.1, 0.15) is 0 Å². The molecule has 0 N–H and O–H groups in total. The van der Waals surface area contributed by atoms with Crippen LogP contribution in [-0.2, 0) is 22.7 Å². The largest absolute Gasteiger partial charge is 0.218 e. The van der Waals surface area contributed by atoms with Crippen LogP contribution in [-0.4, -0.2) is 8.42 Å². The van der Waals surface area contributed by atoms with Crippen LogP contribution in [0.4, 0.5) is 0 Å². The van der Waals surface area contributed by atoms with Gasteiger partial charge in [-0.1, -0.05) is 48.5 Å². The van der Waals surface area contributed by atoms with E-state index in [9.17, 15) is 8.42 Å². The topological polar surface area (TPSA) is 34.1 Å². The molecular formula is C19H16O2S. The molecule has 0 unspecified atom stereocenters. The molecule has 22 heavy (non-hydrogen) atoms. The van der Waals surface area contributed by atoms with Crippen molar-refractivity contribution in [1.29, 1.82) is 0 Å². The van der Waals surface area contributed by atoms with Crippen molar-refractivity contribution in [3.05, 3.63) is 71.8 Å². The fraction of sp³-hybridized carbons (Fsp3) is 0.158. The van der Waals surface area contributed by atoms with Gasteiger partial charge in [-0.3, -0.25) is 0 Å². The van der Waals surface area contributed by atoms with Crippen molar-refractivity contribution in [2.45, 2.75) is 29.1 Å². The molecule has 2 nitrogen and oxygen atoms in total. The van der Waals surface area contributed by atoms with Crippen molar-refractivity contribution >= 4 is 20.6 Å². The Balaban J connectivity index is 2.11. The molecule has 0 atom stereocenters. The second kappa shape index (κ2) is 4.96. The van der Waals surface area contributed by atoms with Gasteiger partial charge in [-0.05, 0) is 47.9 Å². The Hall–Kier alpha value is -2.13. The molecule has 4 rings (SSSR count). The summed E-state index contributed by atoms with van der Waals surface area (Å²) in [4.78, 5) is 0.893. The lowest BCUT2D eigenvalue weighted by Gasteiger charge is -2.14. The van der Waals surface area contributed by atoms with Crippen LogP contribution in [0.5, 0.6) is 0 Å². The summed E-state index contributed by atoms with van der Waals surface area (Å²) in [5.41, 5.74) is 2.20. The molecule has 0 fully saturated rings. The van der Waals surface area contributed by atoms with E-state index in [4.69, 9.17) is 0 Å². The van der Waals surface area contributed by atoms with Crippen LogP contribution >= 0.6 is 0 Å². The Kier molecular flexibility index (Phi) is 3.05. The molecule has 0 saturated carbocycles. The minimum absolute atomic E-state index is 0.375. The zero-order chi connectivity index (χ0) is 15.2. The first-order chi connectivity index (χ1) is 10.7. The van der Waals surface area contributed by atoms with Crippen LogP contribution in [0.25, 0.3) is 10.8 Å². The number of hydrogen-bond donors (Lipinski definition) is 0. The summed E-state index contributed by atoms with van der Waals surface area (Å²) in [7, 11) is -3.49. The average molecular weight is 308 g/mol. The van der Waals surface area contributed by atoms with Gasteiger partial charge in [0.15, 0.2) is 0 Å². The van der Waals surface area contributed by atoms with E-state index in [-0.39, 0.29) is 0 Å². The Morgan fingerprint density at radius 1 is 0.818 bits per heavy atom. The zero-order valence-electron chi connectivity index (χ0n) is 12.1. The van der Waals surface area contributed by atoms with Gasteiger partial charge >= 0.3 is 0 Å². The molecule has 3 aromatic rings. The van der Waals surface area contributed by atoms with Crippen LogP contribution in [0.15, 0.2) is 70.5 Å². The molecule has 0 aliphatic heterocycles. The Bertz CT molecular complexity index is 957. The van der Waals surface area contributed by atoms with Gasteiger partial charge in [-0.15, -0.1) is 0 Å². The lowest BCUT2D eigenvalue weighted by molar-refractivity contribution is 0.596. The first-order valence-electron chi connectivity index (χ1n) is 7.51. The predicted octanol–water partition coefficient (Wildman–Crippen LogP) is 4.16. The van der Waals surface area contributed by atoms with Gasteiger partial charge in [0, 0.05) is 5.39 Å². The monoisotopic (exact) mass is 308 g/mol. The molecule has 0 radical (unpaired) electrons. The molecule has 110 valence electrons. The highest BCUT2D eigenvalue weighted by molar-refractivity contribution is 7.91. The second-order valence-electron chi connectivity index (χ2n) is 5.73. The van der Waals surface area contributed by atoms with E-state index in [0.29, 0.717) is 9.79 Å². The van der Waals surface area contributed by atoms with E-state index < -0.39 is 9.84 Å². The Morgan fingerprint density at radius 3 is 2.36 bits per heavy atom. The molecular weight excluding hydrogens is 292 g/mol. The van der Waals surface area contributed by atoms with Crippen molar-refractivity contribution < 1.29 is 8.42 Å². The minimum atomic E-state index is -3.49. The van der Waals surface area contributed by atoms with Gasteiger partial charge in [-0.2, -0.15) is 0 Å². The van der Waals surface area contributed by atoms with Gasteiger partial charge in [0.05, 0.1) is 9.79 Å². The summed E-state index contributed by atoms with van der Waals surface area (Å²) in [6.45, 7) is 0. The lowest BCUT2D eigenvalue weighted by atomic mass is 10.0. The van der Waals surface area contributed by atoms with Gasteiger partial charge in [0.2, 0.25) is 9.84 Å². The van der Waals surface area contributed by atoms with Crippen LogP contribution in [0.2, 0.25) is 0 Å². The highest BCUT2D eigenvalue weighted by Crippen LogP contribution is 2.37. The summed E-state index contributed by atoms with van der Waals surface area (Å²) in [6, 6.07) is 18.7. The number of sulfone groups is 1. The van der Waals surface area contributed by atoms with E-state index in [1.165, 1.54) is 5.56 Å². The number of hydrogen-bond acceptors (Lipinski definition) is 2. The first kappa shape index (κ1) is 13.5. The van der Waals surface area contributed by atoms with Crippen molar-refractivity contribution in [2.24, 2.45) is 0 Å². The Labute approximate surface area is 130 Å². The first-order valence-corrected chi connectivity index (χ1v) is 9.00. The lowest BCUT2D eigenvalue weighted by Crippen LogP contribution is -2.07. The predicted molar refractivity (Wildman–Crippen MR) is 87.9 cm³/mol. The van der Waals surface area contributed by atoms with E-state index in [2.05, 4.69) is 6.07 Å². The average Bonchev–Trinajstić information content (AvgIpc) is 3.00. The van der Waals surface area contributed by atoms with Crippen molar-refractivity contribution in [3.63, 3.8) is 0 Å². The highest BCUT2D eigenvalue weighted by Gasteiger charge is 2.27. The van der Waals surface area contributed by atoms with Crippen molar-refractivity contribution in [3.8, 4) is 0 Å².